The van der Waals surface area contributed by atoms with Gasteiger partial charge in [0.25, 0.3) is 5.91 Å². The lowest BCUT2D eigenvalue weighted by Crippen LogP contribution is -2.49. The van der Waals surface area contributed by atoms with Crippen LogP contribution in [0.2, 0.25) is 0 Å². The molecular weight excluding hydrogens is 252 g/mol. The second-order valence-electron chi connectivity index (χ2n) is 3.93. The minimum Gasteiger partial charge on any atom is -0.477 e. The standard InChI is InChI=1S/C12H14N2O5/c13-11(16)10-7-14(12(17)18-6-5-15)8-3-1-2-4-9(8)19-10/h1-4,10,15H,5-7H2,(H2,13,16). The molecule has 0 saturated heterocycles. The van der Waals surface area contributed by atoms with Gasteiger partial charge in [0, 0.05) is 0 Å². The minimum absolute atomic E-state index is 0.0173. The van der Waals surface area contributed by atoms with Crippen molar-refractivity contribution in [3.63, 3.8) is 0 Å². The van der Waals surface area contributed by atoms with Crippen molar-refractivity contribution >= 4 is 17.7 Å². The molecule has 1 aromatic carbocycles. The molecular formula is C12H14N2O5. The summed E-state index contributed by atoms with van der Waals surface area (Å²) in [7, 11) is 0. The van der Waals surface area contributed by atoms with Gasteiger partial charge in [0.1, 0.15) is 12.4 Å². The fourth-order valence-electron chi connectivity index (χ4n) is 1.77. The molecule has 0 spiro atoms. The average molecular weight is 266 g/mol. The van der Waals surface area contributed by atoms with Gasteiger partial charge in [-0.2, -0.15) is 0 Å². The van der Waals surface area contributed by atoms with Gasteiger partial charge in [0.15, 0.2) is 6.10 Å². The molecule has 3 N–H and O–H groups in total. The number of hydrogen-bond acceptors (Lipinski definition) is 5. The molecule has 0 fully saturated rings. The number of nitrogens with zero attached hydrogens (tertiary/aromatic N) is 1. The second-order valence-corrected chi connectivity index (χ2v) is 3.93. The lowest BCUT2D eigenvalue weighted by atomic mass is 10.2. The van der Waals surface area contributed by atoms with Crippen LogP contribution in [0.1, 0.15) is 0 Å². The molecule has 1 aromatic rings. The normalized spacial score (nSPS) is 17.3. The Bertz CT molecular complexity index is 491. The third kappa shape index (κ3) is 2.76. The predicted molar refractivity (Wildman–Crippen MR) is 65.8 cm³/mol. The Hall–Kier alpha value is -2.28. The van der Waals surface area contributed by atoms with Crippen LogP contribution in [0.3, 0.4) is 0 Å². The highest BCUT2D eigenvalue weighted by atomic mass is 16.6. The molecule has 7 nitrogen and oxygen atoms in total. The summed E-state index contributed by atoms with van der Waals surface area (Å²) in [5, 5.41) is 8.65. The number of rotatable bonds is 3. The van der Waals surface area contributed by atoms with Crippen molar-refractivity contribution in [3.05, 3.63) is 24.3 Å². The SMILES string of the molecule is NC(=O)C1CN(C(=O)OCCO)c2ccccc2O1. The Labute approximate surface area is 109 Å². The van der Waals surface area contributed by atoms with Crippen LogP contribution in [-0.2, 0) is 9.53 Å². The third-order valence-electron chi connectivity index (χ3n) is 2.63. The van der Waals surface area contributed by atoms with E-state index in [0.29, 0.717) is 11.4 Å². The first-order valence-electron chi connectivity index (χ1n) is 5.73. The Morgan fingerprint density at radius 3 is 2.89 bits per heavy atom. The zero-order valence-electron chi connectivity index (χ0n) is 10.1. The Morgan fingerprint density at radius 1 is 1.47 bits per heavy atom. The Balaban J connectivity index is 2.26. The number of anilines is 1. The monoisotopic (exact) mass is 266 g/mol. The molecule has 0 radical (unpaired) electrons. The van der Waals surface area contributed by atoms with Crippen LogP contribution in [0.25, 0.3) is 0 Å². The maximum Gasteiger partial charge on any atom is 0.414 e. The summed E-state index contributed by atoms with van der Waals surface area (Å²) in [5.74, 6) is -0.270. The number of amides is 2. The molecule has 0 saturated carbocycles. The van der Waals surface area contributed by atoms with Crippen LogP contribution in [0.15, 0.2) is 24.3 Å². The smallest absolute Gasteiger partial charge is 0.414 e. The molecule has 1 aliphatic heterocycles. The lowest BCUT2D eigenvalue weighted by Gasteiger charge is -2.32. The number of ether oxygens (including phenoxy) is 2. The van der Waals surface area contributed by atoms with E-state index in [-0.39, 0.29) is 19.8 Å². The van der Waals surface area contributed by atoms with E-state index in [0.717, 1.165) is 0 Å². The van der Waals surface area contributed by atoms with E-state index < -0.39 is 18.1 Å². The minimum atomic E-state index is -0.920. The largest absolute Gasteiger partial charge is 0.477 e. The maximum atomic E-state index is 11.9. The van der Waals surface area contributed by atoms with Gasteiger partial charge in [-0.3, -0.25) is 9.69 Å². The average Bonchev–Trinajstić information content (AvgIpc) is 2.43. The number of fused-ring (bicyclic) bond motifs is 1. The van der Waals surface area contributed by atoms with E-state index in [1.54, 1.807) is 24.3 Å². The van der Waals surface area contributed by atoms with Gasteiger partial charge in [-0.15, -0.1) is 0 Å². The molecule has 7 heteroatoms. The Kier molecular flexibility index (Phi) is 3.86. The highest BCUT2D eigenvalue weighted by Gasteiger charge is 2.33. The van der Waals surface area contributed by atoms with Crippen LogP contribution in [0.5, 0.6) is 5.75 Å². The van der Waals surface area contributed by atoms with Gasteiger partial charge in [-0.05, 0) is 12.1 Å². The van der Waals surface area contributed by atoms with Crippen molar-refractivity contribution in [2.45, 2.75) is 6.10 Å². The summed E-state index contributed by atoms with van der Waals surface area (Å²) in [6, 6.07) is 6.77. The van der Waals surface area contributed by atoms with E-state index in [2.05, 4.69) is 0 Å². The number of carbonyl (C=O) groups is 2. The molecule has 1 heterocycles. The van der Waals surface area contributed by atoms with E-state index in [1.807, 2.05) is 0 Å². The van der Waals surface area contributed by atoms with Gasteiger partial charge >= 0.3 is 6.09 Å². The van der Waals surface area contributed by atoms with Gasteiger partial charge in [-0.25, -0.2) is 4.79 Å². The van der Waals surface area contributed by atoms with Gasteiger partial charge in [0.2, 0.25) is 0 Å². The molecule has 0 aromatic heterocycles. The molecule has 0 bridgehead atoms. The maximum absolute atomic E-state index is 11.9. The summed E-state index contributed by atoms with van der Waals surface area (Å²) in [5.41, 5.74) is 5.71. The second kappa shape index (κ2) is 5.57. The number of primary amides is 1. The lowest BCUT2D eigenvalue weighted by molar-refractivity contribution is -0.124. The van der Waals surface area contributed by atoms with Crippen molar-refractivity contribution < 1.29 is 24.2 Å². The summed E-state index contributed by atoms with van der Waals surface area (Å²) >= 11 is 0. The summed E-state index contributed by atoms with van der Waals surface area (Å²) < 4.78 is 10.2. The predicted octanol–water partition coefficient (Wildman–Crippen LogP) is -0.132. The van der Waals surface area contributed by atoms with E-state index in [1.165, 1.54) is 4.90 Å². The van der Waals surface area contributed by atoms with Crippen LogP contribution < -0.4 is 15.4 Å². The highest BCUT2D eigenvalue weighted by molar-refractivity contribution is 5.92. The number of benzene rings is 1. The van der Waals surface area contributed by atoms with Crippen LogP contribution >= 0.6 is 0 Å². The molecule has 2 amide bonds. The number of aliphatic hydroxyl groups excluding tert-OH is 1. The zero-order valence-corrected chi connectivity index (χ0v) is 10.1. The number of para-hydroxylation sites is 2. The summed E-state index contributed by atoms with van der Waals surface area (Å²) in [6.07, 6.45) is -1.58. The molecule has 1 unspecified atom stereocenters. The van der Waals surface area contributed by atoms with Crippen molar-refractivity contribution in [2.24, 2.45) is 5.73 Å². The first kappa shape index (κ1) is 13.2. The summed E-state index contributed by atoms with van der Waals surface area (Å²) in [4.78, 5) is 24.4. The van der Waals surface area contributed by atoms with E-state index in [4.69, 9.17) is 20.3 Å². The molecule has 2 rings (SSSR count). The Morgan fingerprint density at radius 2 is 2.21 bits per heavy atom. The molecule has 19 heavy (non-hydrogen) atoms. The van der Waals surface area contributed by atoms with Crippen molar-refractivity contribution in [3.8, 4) is 5.75 Å². The highest BCUT2D eigenvalue weighted by Crippen LogP contribution is 2.33. The van der Waals surface area contributed by atoms with E-state index in [9.17, 15) is 9.59 Å². The van der Waals surface area contributed by atoms with Crippen molar-refractivity contribution in [1.82, 2.24) is 0 Å². The molecule has 102 valence electrons. The quantitative estimate of drug-likeness (QED) is 0.793. The summed E-state index contributed by atoms with van der Waals surface area (Å²) in [6.45, 7) is -0.396. The van der Waals surface area contributed by atoms with Crippen molar-refractivity contribution in [2.75, 3.05) is 24.7 Å². The van der Waals surface area contributed by atoms with Gasteiger partial charge < -0.3 is 20.3 Å². The first-order valence-corrected chi connectivity index (χ1v) is 5.73. The van der Waals surface area contributed by atoms with Crippen LogP contribution in [0.4, 0.5) is 10.5 Å². The molecule has 0 aliphatic carbocycles. The number of carbonyl (C=O) groups excluding carboxylic acids is 2. The number of hydrogen-bond donors (Lipinski definition) is 2. The first-order chi connectivity index (χ1) is 9.13. The van der Waals surface area contributed by atoms with Gasteiger partial charge in [-0.1, -0.05) is 12.1 Å². The fourth-order valence-corrected chi connectivity index (χ4v) is 1.77. The van der Waals surface area contributed by atoms with Gasteiger partial charge in [0.05, 0.1) is 18.8 Å². The molecule has 1 atom stereocenters. The van der Waals surface area contributed by atoms with Crippen molar-refractivity contribution in [1.29, 1.82) is 0 Å². The topological polar surface area (TPSA) is 102 Å². The molecule has 1 aliphatic rings. The fraction of sp³-hybridized carbons (Fsp3) is 0.333. The van der Waals surface area contributed by atoms with Crippen LogP contribution in [-0.4, -0.2) is 43.0 Å². The zero-order chi connectivity index (χ0) is 13.8. The van der Waals surface area contributed by atoms with E-state index >= 15 is 0 Å². The third-order valence-corrected chi connectivity index (χ3v) is 2.63. The number of nitrogens with two attached hydrogens (primary N) is 1. The van der Waals surface area contributed by atoms with Crippen LogP contribution in [0, 0.1) is 0 Å². The number of aliphatic hydroxyl groups is 1.